The molecule has 3 heteroatoms. The third-order valence-corrected chi connectivity index (χ3v) is 3.51. The van der Waals surface area contributed by atoms with Crippen LogP contribution in [0.25, 0.3) is 0 Å². The lowest BCUT2D eigenvalue weighted by molar-refractivity contribution is 0.572. The van der Waals surface area contributed by atoms with E-state index in [1.807, 2.05) is 6.07 Å². The highest BCUT2D eigenvalue weighted by molar-refractivity contribution is 6.31. The number of nitrogens with one attached hydrogen (secondary N) is 1. The minimum Gasteiger partial charge on any atom is -0.306 e. The Balaban J connectivity index is 2.02. The topological polar surface area (TPSA) is 12.0 Å². The molecule has 2 rings (SSSR count). The van der Waals surface area contributed by atoms with Crippen molar-refractivity contribution in [2.45, 2.75) is 26.4 Å². The van der Waals surface area contributed by atoms with Gasteiger partial charge in [-0.1, -0.05) is 47.5 Å². The summed E-state index contributed by atoms with van der Waals surface area (Å²) in [5.41, 5.74) is 3.38. The monoisotopic (exact) mass is 277 g/mol. The van der Waals surface area contributed by atoms with Crippen molar-refractivity contribution in [1.29, 1.82) is 0 Å². The summed E-state index contributed by atoms with van der Waals surface area (Å²) in [7, 11) is 0. The van der Waals surface area contributed by atoms with Crippen molar-refractivity contribution in [2.75, 3.05) is 0 Å². The van der Waals surface area contributed by atoms with Crippen molar-refractivity contribution < 1.29 is 4.39 Å². The highest BCUT2D eigenvalue weighted by Crippen LogP contribution is 2.19. The quantitative estimate of drug-likeness (QED) is 0.858. The molecular formula is C16H17ClFN. The summed E-state index contributed by atoms with van der Waals surface area (Å²) in [6, 6.07) is 13.1. The molecule has 0 unspecified atom stereocenters. The van der Waals surface area contributed by atoms with E-state index in [-0.39, 0.29) is 11.9 Å². The van der Waals surface area contributed by atoms with E-state index >= 15 is 0 Å². The van der Waals surface area contributed by atoms with Crippen molar-refractivity contribution in [2.24, 2.45) is 0 Å². The van der Waals surface area contributed by atoms with Crippen LogP contribution in [0.2, 0.25) is 5.02 Å². The summed E-state index contributed by atoms with van der Waals surface area (Å²) < 4.78 is 13.0. The molecule has 0 aliphatic heterocycles. The number of hydrogen-bond acceptors (Lipinski definition) is 1. The molecule has 0 amide bonds. The molecule has 0 saturated heterocycles. The van der Waals surface area contributed by atoms with Crippen LogP contribution in [0.4, 0.5) is 4.39 Å². The Kier molecular flexibility index (Phi) is 4.56. The first-order chi connectivity index (χ1) is 9.06. The van der Waals surface area contributed by atoms with Crippen molar-refractivity contribution in [3.8, 4) is 0 Å². The molecule has 0 radical (unpaired) electrons. The second kappa shape index (κ2) is 6.18. The van der Waals surface area contributed by atoms with E-state index in [0.717, 1.165) is 5.56 Å². The van der Waals surface area contributed by atoms with Crippen LogP contribution in [-0.4, -0.2) is 0 Å². The van der Waals surface area contributed by atoms with E-state index in [1.165, 1.54) is 23.3 Å². The first-order valence-corrected chi connectivity index (χ1v) is 6.68. The van der Waals surface area contributed by atoms with Gasteiger partial charge in [0.15, 0.2) is 0 Å². The molecule has 2 aromatic carbocycles. The normalized spacial score (nSPS) is 12.4. The zero-order valence-corrected chi connectivity index (χ0v) is 11.8. The molecule has 1 atom stereocenters. The molecule has 0 spiro atoms. The van der Waals surface area contributed by atoms with E-state index in [4.69, 9.17) is 11.6 Å². The standard InChI is InChI=1S/C16H17ClFN/c1-11-4-3-5-13(8-11)12(2)19-10-14-6-7-15(18)9-16(14)17/h3-9,12,19H,10H2,1-2H3/t12-/m1/s1. The van der Waals surface area contributed by atoms with Crippen LogP contribution in [0, 0.1) is 12.7 Å². The van der Waals surface area contributed by atoms with Gasteiger partial charge < -0.3 is 5.32 Å². The van der Waals surface area contributed by atoms with Gasteiger partial charge in [0.1, 0.15) is 5.82 Å². The molecule has 1 N–H and O–H groups in total. The van der Waals surface area contributed by atoms with Gasteiger partial charge in [0.05, 0.1) is 0 Å². The maximum atomic E-state index is 13.0. The van der Waals surface area contributed by atoms with Crippen molar-refractivity contribution in [3.05, 3.63) is 70.0 Å². The maximum absolute atomic E-state index is 13.0. The van der Waals surface area contributed by atoms with E-state index < -0.39 is 0 Å². The summed E-state index contributed by atoms with van der Waals surface area (Å²) >= 11 is 6.00. The summed E-state index contributed by atoms with van der Waals surface area (Å²) in [6.45, 7) is 4.80. The Bertz CT molecular complexity index is 568. The Morgan fingerprint density at radius 2 is 2.00 bits per heavy atom. The lowest BCUT2D eigenvalue weighted by Crippen LogP contribution is -2.18. The van der Waals surface area contributed by atoms with Crippen molar-refractivity contribution in [3.63, 3.8) is 0 Å². The van der Waals surface area contributed by atoms with Crippen LogP contribution in [-0.2, 0) is 6.54 Å². The van der Waals surface area contributed by atoms with E-state index in [0.29, 0.717) is 11.6 Å². The summed E-state index contributed by atoms with van der Waals surface area (Å²) in [5, 5.41) is 3.86. The molecule has 100 valence electrons. The van der Waals surface area contributed by atoms with Gasteiger partial charge in [-0.05, 0) is 37.1 Å². The van der Waals surface area contributed by atoms with Gasteiger partial charge in [0.25, 0.3) is 0 Å². The number of halogens is 2. The Hall–Kier alpha value is -1.38. The second-order valence-electron chi connectivity index (χ2n) is 4.75. The second-order valence-corrected chi connectivity index (χ2v) is 5.16. The van der Waals surface area contributed by atoms with E-state index in [9.17, 15) is 4.39 Å². The number of hydrogen-bond donors (Lipinski definition) is 1. The molecule has 0 saturated carbocycles. The Morgan fingerprint density at radius 1 is 1.21 bits per heavy atom. The Morgan fingerprint density at radius 3 is 2.68 bits per heavy atom. The summed E-state index contributed by atoms with van der Waals surface area (Å²) in [4.78, 5) is 0. The summed E-state index contributed by atoms with van der Waals surface area (Å²) in [6.07, 6.45) is 0. The zero-order valence-electron chi connectivity index (χ0n) is 11.1. The van der Waals surface area contributed by atoms with Crippen LogP contribution in [0.15, 0.2) is 42.5 Å². The van der Waals surface area contributed by atoms with Crippen molar-refractivity contribution >= 4 is 11.6 Å². The van der Waals surface area contributed by atoms with Crippen molar-refractivity contribution in [1.82, 2.24) is 5.32 Å². The molecule has 19 heavy (non-hydrogen) atoms. The lowest BCUT2D eigenvalue weighted by Gasteiger charge is -2.15. The van der Waals surface area contributed by atoms with Gasteiger partial charge >= 0.3 is 0 Å². The van der Waals surface area contributed by atoms with Gasteiger partial charge in [0.2, 0.25) is 0 Å². The fourth-order valence-electron chi connectivity index (χ4n) is 1.99. The average Bonchev–Trinajstić information content (AvgIpc) is 2.37. The lowest BCUT2D eigenvalue weighted by atomic mass is 10.1. The average molecular weight is 278 g/mol. The molecule has 2 aromatic rings. The first-order valence-electron chi connectivity index (χ1n) is 6.30. The highest BCUT2D eigenvalue weighted by Gasteiger charge is 2.07. The molecule has 0 aromatic heterocycles. The van der Waals surface area contributed by atoms with Crippen LogP contribution < -0.4 is 5.32 Å². The minimum absolute atomic E-state index is 0.223. The first kappa shape index (κ1) is 14.0. The van der Waals surface area contributed by atoms with Crippen LogP contribution in [0.3, 0.4) is 0 Å². The van der Waals surface area contributed by atoms with Gasteiger partial charge in [-0.15, -0.1) is 0 Å². The minimum atomic E-state index is -0.305. The van der Waals surface area contributed by atoms with Crippen LogP contribution >= 0.6 is 11.6 Å². The fourth-order valence-corrected chi connectivity index (χ4v) is 2.22. The number of rotatable bonds is 4. The maximum Gasteiger partial charge on any atom is 0.124 e. The van der Waals surface area contributed by atoms with E-state index in [1.54, 1.807) is 6.07 Å². The molecule has 0 heterocycles. The van der Waals surface area contributed by atoms with E-state index in [2.05, 4.69) is 37.4 Å². The fraction of sp³-hybridized carbons (Fsp3) is 0.250. The highest BCUT2D eigenvalue weighted by atomic mass is 35.5. The smallest absolute Gasteiger partial charge is 0.124 e. The van der Waals surface area contributed by atoms with Crippen LogP contribution in [0.5, 0.6) is 0 Å². The Labute approximate surface area is 118 Å². The van der Waals surface area contributed by atoms with Gasteiger partial charge in [-0.3, -0.25) is 0 Å². The van der Waals surface area contributed by atoms with Gasteiger partial charge in [-0.2, -0.15) is 0 Å². The number of benzene rings is 2. The molecular weight excluding hydrogens is 261 g/mol. The van der Waals surface area contributed by atoms with Crippen LogP contribution in [0.1, 0.15) is 29.7 Å². The third kappa shape index (κ3) is 3.79. The molecule has 0 aliphatic carbocycles. The predicted molar refractivity (Wildman–Crippen MR) is 77.8 cm³/mol. The summed E-state index contributed by atoms with van der Waals surface area (Å²) in [5.74, 6) is -0.305. The third-order valence-electron chi connectivity index (χ3n) is 3.16. The SMILES string of the molecule is Cc1cccc([C@@H](C)NCc2ccc(F)cc2Cl)c1. The molecule has 0 fully saturated rings. The number of aryl methyl sites for hydroxylation is 1. The molecule has 0 aliphatic rings. The molecule has 1 nitrogen and oxygen atoms in total. The molecule has 0 bridgehead atoms. The van der Waals surface area contributed by atoms with Gasteiger partial charge in [-0.25, -0.2) is 4.39 Å². The largest absolute Gasteiger partial charge is 0.306 e. The zero-order chi connectivity index (χ0) is 13.8. The predicted octanol–water partition coefficient (Wildman–Crippen LogP) is 4.64. The van der Waals surface area contributed by atoms with Gasteiger partial charge in [0, 0.05) is 17.6 Å².